The molecule has 1 aliphatic rings. The van der Waals surface area contributed by atoms with E-state index in [2.05, 4.69) is 6.07 Å². The zero-order valence-corrected chi connectivity index (χ0v) is 12.1. The molecule has 0 N–H and O–H groups in total. The average molecular weight is 285 g/mol. The first-order chi connectivity index (χ1) is 9.64. The lowest BCUT2D eigenvalue weighted by Gasteiger charge is -2.36. The number of nitriles is 2. The standard InChI is InChI=1S/C15H15N3OS/c1-20-15(11-17)6-8-18(9-7-15)14(19)13-4-2-12(10-16)3-5-13/h2-5H,6-9H2,1H3. The molecule has 1 aromatic carbocycles. The topological polar surface area (TPSA) is 67.9 Å². The van der Waals surface area contributed by atoms with Gasteiger partial charge in [0, 0.05) is 18.7 Å². The zero-order chi connectivity index (χ0) is 14.6. The summed E-state index contributed by atoms with van der Waals surface area (Å²) in [5.41, 5.74) is 1.14. The Hall–Kier alpha value is -1.98. The molecule has 102 valence electrons. The Morgan fingerprint density at radius 2 is 1.85 bits per heavy atom. The van der Waals surface area contributed by atoms with Gasteiger partial charge in [-0.15, -0.1) is 11.8 Å². The van der Waals surface area contributed by atoms with Crippen LogP contribution in [-0.2, 0) is 0 Å². The second-order valence-electron chi connectivity index (χ2n) is 4.79. The highest BCUT2D eigenvalue weighted by Crippen LogP contribution is 2.34. The summed E-state index contributed by atoms with van der Waals surface area (Å²) < 4.78 is -0.346. The SMILES string of the molecule is CSC1(C#N)CCN(C(=O)c2ccc(C#N)cc2)CC1. The van der Waals surface area contributed by atoms with Crippen LogP contribution in [-0.4, -0.2) is 34.9 Å². The molecule has 0 radical (unpaired) electrons. The average Bonchev–Trinajstić information content (AvgIpc) is 2.54. The van der Waals surface area contributed by atoms with E-state index >= 15 is 0 Å². The van der Waals surface area contributed by atoms with Gasteiger partial charge in [0.05, 0.1) is 17.7 Å². The van der Waals surface area contributed by atoms with Crippen LogP contribution in [0, 0.1) is 22.7 Å². The van der Waals surface area contributed by atoms with Crippen LogP contribution in [0.25, 0.3) is 0 Å². The van der Waals surface area contributed by atoms with Crippen LogP contribution in [0.2, 0.25) is 0 Å². The molecule has 0 bridgehead atoms. The highest BCUT2D eigenvalue weighted by Gasteiger charge is 2.35. The first-order valence-corrected chi connectivity index (χ1v) is 7.62. The lowest BCUT2D eigenvalue weighted by Crippen LogP contribution is -2.44. The third kappa shape index (κ3) is 2.79. The van der Waals surface area contributed by atoms with E-state index in [0.717, 1.165) is 0 Å². The Kier molecular flexibility index (Phi) is 4.32. The molecule has 20 heavy (non-hydrogen) atoms. The lowest BCUT2D eigenvalue weighted by molar-refractivity contribution is 0.0716. The molecule has 0 aromatic heterocycles. The first-order valence-electron chi connectivity index (χ1n) is 6.40. The van der Waals surface area contributed by atoms with Crippen molar-refractivity contribution in [3.05, 3.63) is 35.4 Å². The number of rotatable bonds is 2. The number of benzene rings is 1. The van der Waals surface area contributed by atoms with Crippen LogP contribution >= 0.6 is 11.8 Å². The van der Waals surface area contributed by atoms with E-state index in [1.54, 1.807) is 40.9 Å². The molecule has 0 unspecified atom stereocenters. The molecule has 4 nitrogen and oxygen atoms in total. The fraction of sp³-hybridized carbons (Fsp3) is 0.400. The second kappa shape index (κ2) is 5.98. The smallest absolute Gasteiger partial charge is 0.253 e. The monoisotopic (exact) mass is 285 g/mol. The van der Waals surface area contributed by atoms with E-state index in [4.69, 9.17) is 5.26 Å². The molecule has 0 atom stereocenters. The number of hydrogen-bond acceptors (Lipinski definition) is 4. The van der Waals surface area contributed by atoms with Gasteiger partial charge in [0.15, 0.2) is 0 Å². The Morgan fingerprint density at radius 3 is 2.30 bits per heavy atom. The van der Waals surface area contributed by atoms with E-state index in [1.807, 2.05) is 12.3 Å². The van der Waals surface area contributed by atoms with Crippen molar-refractivity contribution >= 4 is 17.7 Å². The van der Waals surface area contributed by atoms with Crippen molar-refractivity contribution in [3.63, 3.8) is 0 Å². The van der Waals surface area contributed by atoms with Gasteiger partial charge in [0.1, 0.15) is 4.75 Å². The first kappa shape index (κ1) is 14.4. The number of carbonyl (C=O) groups is 1. The van der Waals surface area contributed by atoms with E-state index in [1.165, 1.54) is 0 Å². The quantitative estimate of drug-likeness (QED) is 0.837. The fourth-order valence-electron chi connectivity index (χ4n) is 2.30. The summed E-state index contributed by atoms with van der Waals surface area (Å²) in [6.45, 7) is 1.21. The van der Waals surface area contributed by atoms with Gasteiger partial charge in [0.25, 0.3) is 5.91 Å². The minimum Gasteiger partial charge on any atom is -0.338 e. The predicted octanol–water partition coefficient (Wildman–Crippen LogP) is 2.42. The van der Waals surface area contributed by atoms with Gasteiger partial charge in [-0.1, -0.05) is 0 Å². The maximum atomic E-state index is 12.3. The van der Waals surface area contributed by atoms with Crippen LogP contribution in [0.15, 0.2) is 24.3 Å². The number of carbonyl (C=O) groups excluding carboxylic acids is 1. The molecule has 1 aromatic rings. The van der Waals surface area contributed by atoms with Crippen molar-refractivity contribution < 1.29 is 4.79 Å². The number of amides is 1. The van der Waals surface area contributed by atoms with Gasteiger partial charge in [-0.3, -0.25) is 4.79 Å². The summed E-state index contributed by atoms with van der Waals surface area (Å²) in [5, 5.41) is 18.0. The van der Waals surface area contributed by atoms with Crippen LogP contribution in [0.1, 0.15) is 28.8 Å². The molecule has 1 amide bonds. The van der Waals surface area contributed by atoms with E-state index < -0.39 is 0 Å². The molecule has 0 saturated carbocycles. The van der Waals surface area contributed by atoms with Crippen molar-refractivity contribution in [2.45, 2.75) is 17.6 Å². The largest absolute Gasteiger partial charge is 0.338 e. The molecular weight excluding hydrogens is 270 g/mol. The minimum atomic E-state index is -0.346. The highest BCUT2D eigenvalue weighted by molar-refractivity contribution is 8.00. The molecule has 1 saturated heterocycles. The number of piperidine rings is 1. The number of thioether (sulfide) groups is 1. The Labute approximate surface area is 123 Å². The molecule has 1 aliphatic heterocycles. The van der Waals surface area contributed by atoms with Crippen molar-refractivity contribution in [1.29, 1.82) is 10.5 Å². The van der Waals surface area contributed by atoms with Crippen LogP contribution in [0.5, 0.6) is 0 Å². The minimum absolute atomic E-state index is 0.0258. The van der Waals surface area contributed by atoms with Crippen molar-refractivity contribution in [2.75, 3.05) is 19.3 Å². The van der Waals surface area contributed by atoms with Gasteiger partial charge < -0.3 is 4.90 Å². The second-order valence-corrected chi connectivity index (χ2v) is 5.98. The van der Waals surface area contributed by atoms with E-state index in [-0.39, 0.29) is 10.7 Å². The summed E-state index contributed by atoms with van der Waals surface area (Å²) in [7, 11) is 0. The Morgan fingerprint density at radius 1 is 1.25 bits per heavy atom. The van der Waals surface area contributed by atoms with Crippen LogP contribution < -0.4 is 0 Å². The van der Waals surface area contributed by atoms with Gasteiger partial charge in [-0.25, -0.2) is 0 Å². The van der Waals surface area contributed by atoms with Crippen molar-refractivity contribution in [1.82, 2.24) is 4.90 Å². The summed E-state index contributed by atoms with van der Waals surface area (Å²) in [6, 6.07) is 11.1. The number of hydrogen-bond donors (Lipinski definition) is 0. The summed E-state index contributed by atoms with van der Waals surface area (Å²) in [4.78, 5) is 14.1. The summed E-state index contributed by atoms with van der Waals surface area (Å²) in [6.07, 6.45) is 3.35. The van der Waals surface area contributed by atoms with Gasteiger partial charge in [0.2, 0.25) is 0 Å². The van der Waals surface area contributed by atoms with Crippen LogP contribution in [0.4, 0.5) is 0 Å². The third-order valence-corrected chi connectivity index (χ3v) is 4.99. The summed E-state index contributed by atoms with van der Waals surface area (Å²) >= 11 is 1.57. The maximum Gasteiger partial charge on any atom is 0.253 e. The number of likely N-dealkylation sites (tertiary alicyclic amines) is 1. The van der Waals surface area contributed by atoms with Crippen molar-refractivity contribution in [3.8, 4) is 12.1 Å². The lowest BCUT2D eigenvalue weighted by atomic mass is 9.96. The predicted molar refractivity (Wildman–Crippen MR) is 78.2 cm³/mol. The van der Waals surface area contributed by atoms with E-state index in [9.17, 15) is 10.1 Å². The molecule has 1 heterocycles. The highest BCUT2D eigenvalue weighted by atomic mass is 32.2. The fourth-order valence-corrected chi connectivity index (χ4v) is 2.98. The van der Waals surface area contributed by atoms with Gasteiger partial charge in [-0.05, 0) is 43.4 Å². The molecule has 5 heteroatoms. The molecule has 0 spiro atoms. The Bertz CT molecular complexity index is 575. The maximum absolute atomic E-state index is 12.3. The summed E-state index contributed by atoms with van der Waals surface area (Å²) in [5.74, 6) is -0.0258. The normalized spacial score (nSPS) is 17.1. The molecule has 2 rings (SSSR count). The zero-order valence-electron chi connectivity index (χ0n) is 11.3. The Balaban J connectivity index is 2.05. The number of nitrogens with zero attached hydrogens (tertiary/aromatic N) is 3. The van der Waals surface area contributed by atoms with Crippen molar-refractivity contribution in [2.24, 2.45) is 0 Å². The van der Waals surface area contributed by atoms with Gasteiger partial charge >= 0.3 is 0 Å². The molecular formula is C15H15N3OS. The van der Waals surface area contributed by atoms with E-state index in [0.29, 0.717) is 37.1 Å². The van der Waals surface area contributed by atoms with Crippen LogP contribution in [0.3, 0.4) is 0 Å². The third-order valence-electron chi connectivity index (χ3n) is 3.71. The molecule has 0 aliphatic carbocycles. The molecule has 1 fully saturated rings. The van der Waals surface area contributed by atoms with Gasteiger partial charge in [-0.2, -0.15) is 10.5 Å².